The molecule has 1 N–H and O–H groups in total. The fraction of sp³-hybridized carbons (Fsp3) is 0.444. The highest BCUT2D eigenvalue weighted by atomic mass is 35.5. The van der Waals surface area contributed by atoms with E-state index < -0.39 is 11.9 Å². The number of halogens is 1. The minimum atomic E-state index is -0.794. The molecule has 0 radical (unpaired) electrons. The number of ether oxygens (including phenoxy) is 1. The second-order valence-electron chi connectivity index (χ2n) is 3.17. The Labute approximate surface area is 90.3 Å². The van der Waals surface area contributed by atoms with Crippen LogP contribution in [0.3, 0.4) is 0 Å². The van der Waals surface area contributed by atoms with Crippen LogP contribution in [0.4, 0.5) is 0 Å². The Balaban J connectivity index is 2.21. The maximum absolute atomic E-state index is 10.9. The number of carboxylic acid groups (broad SMARTS) is 1. The highest BCUT2D eigenvalue weighted by molar-refractivity contribution is 7.16. The van der Waals surface area contributed by atoms with Gasteiger partial charge in [-0.05, 0) is 18.6 Å². The van der Waals surface area contributed by atoms with E-state index in [0.717, 1.165) is 4.88 Å². The van der Waals surface area contributed by atoms with Gasteiger partial charge >= 0.3 is 5.97 Å². The zero-order valence-corrected chi connectivity index (χ0v) is 8.85. The molecule has 76 valence electrons. The molecule has 0 saturated carbocycles. The Morgan fingerprint density at radius 2 is 2.43 bits per heavy atom. The van der Waals surface area contributed by atoms with Crippen LogP contribution in [0.25, 0.3) is 0 Å². The van der Waals surface area contributed by atoms with Gasteiger partial charge in [-0.1, -0.05) is 11.6 Å². The van der Waals surface area contributed by atoms with E-state index in [-0.39, 0.29) is 6.10 Å². The van der Waals surface area contributed by atoms with Crippen molar-refractivity contribution >= 4 is 28.9 Å². The molecule has 1 saturated heterocycles. The number of carboxylic acids is 1. The van der Waals surface area contributed by atoms with Gasteiger partial charge in [-0.3, -0.25) is 4.79 Å². The van der Waals surface area contributed by atoms with Crippen LogP contribution in [0, 0.1) is 5.92 Å². The van der Waals surface area contributed by atoms with Crippen molar-refractivity contribution in [2.45, 2.75) is 12.5 Å². The van der Waals surface area contributed by atoms with Crippen LogP contribution < -0.4 is 0 Å². The summed E-state index contributed by atoms with van der Waals surface area (Å²) < 4.78 is 6.06. The molecule has 1 aliphatic heterocycles. The molecule has 0 bridgehead atoms. The predicted octanol–water partition coefficient (Wildman–Crippen LogP) is 2.56. The molecule has 14 heavy (non-hydrogen) atoms. The first-order chi connectivity index (χ1) is 6.68. The molecule has 1 aromatic rings. The number of carbonyl (C=O) groups is 1. The topological polar surface area (TPSA) is 46.5 Å². The summed E-state index contributed by atoms with van der Waals surface area (Å²) in [5.74, 6) is -1.22. The summed E-state index contributed by atoms with van der Waals surface area (Å²) in [6.07, 6.45) is 0.264. The van der Waals surface area contributed by atoms with Crippen LogP contribution in [0.5, 0.6) is 0 Å². The SMILES string of the molecule is O=C(O)C1CCOC1c1ccc(Cl)s1. The second kappa shape index (κ2) is 3.88. The third-order valence-corrected chi connectivity index (χ3v) is 3.58. The lowest BCUT2D eigenvalue weighted by atomic mass is 10.0. The Hall–Kier alpha value is -0.580. The van der Waals surface area contributed by atoms with E-state index in [9.17, 15) is 4.79 Å². The lowest BCUT2D eigenvalue weighted by Gasteiger charge is -2.12. The number of rotatable bonds is 2. The van der Waals surface area contributed by atoms with Crippen molar-refractivity contribution in [3.63, 3.8) is 0 Å². The van der Waals surface area contributed by atoms with Crippen LogP contribution in [0.15, 0.2) is 12.1 Å². The first kappa shape index (κ1) is 9.96. The maximum Gasteiger partial charge on any atom is 0.309 e. The lowest BCUT2D eigenvalue weighted by molar-refractivity contribution is -0.143. The zero-order valence-electron chi connectivity index (χ0n) is 7.27. The van der Waals surface area contributed by atoms with E-state index >= 15 is 0 Å². The molecule has 1 aliphatic rings. The Bertz CT molecular complexity index is 350. The molecule has 0 aromatic carbocycles. The van der Waals surface area contributed by atoms with Gasteiger partial charge in [-0.25, -0.2) is 0 Å². The molecule has 2 atom stereocenters. The smallest absolute Gasteiger partial charge is 0.309 e. The normalized spacial score (nSPS) is 26.6. The van der Waals surface area contributed by atoms with Crippen LogP contribution in [0.1, 0.15) is 17.4 Å². The van der Waals surface area contributed by atoms with E-state index in [1.807, 2.05) is 6.07 Å². The van der Waals surface area contributed by atoms with Gasteiger partial charge in [0.05, 0.1) is 10.3 Å². The summed E-state index contributed by atoms with van der Waals surface area (Å²) >= 11 is 7.16. The zero-order chi connectivity index (χ0) is 10.1. The van der Waals surface area contributed by atoms with E-state index in [1.165, 1.54) is 11.3 Å². The van der Waals surface area contributed by atoms with Gasteiger partial charge in [0.15, 0.2) is 0 Å². The summed E-state index contributed by atoms with van der Waals surface area (Å²) in [7, 11) is 0. The van der Waals surface area contributed by atoms with Gasteiger partial charge in [0.1, 0.15) is 6.10 Å². The molecular formula is C9H9ClO3S. The van der Waals surface area contributed by atoms with Crippen LogP contribution in [-0.4, -0.2) is 17.7 Å². The van der Waals surface area contributed by atoms with E-state index in [0.29, 0.717) is 17.4 Å². The van der Waals surface area contributed by atoms with E-state index in [4.69, 9.17) is 21.4 Å². The highest BCUT2D eigenvalue weighted by Gasteiger charge is 2.35. The van der Waals surface area contributed by atoms with Crippen LogP contribution in [-0.2, 0) is 9.53 Å². The predicted molar refractivity (Wildman–Crippen MR) is 53.8 cm³/mol. The Morgan fingerprint density at radius 1 is 1.64 bits per heavy atom. The van der Waals surface area contributed by atoms with Crippen molar-refractivity contribution in [3.05, 3.63) is 21.3 Å². The standard InChI is InChI=1S/C9H9ClO3S/c10-7-2-1-6(14-7)8-5(9(11)12)3-4-13-8/h1-2,5,8H,3-4H2,(H,11,12). The molecular weight excluding hydrogens is 224 g/mol. The molecule has 1 aromatic heterocycles. The average molecular weight is 233 g/mol. The van der Waals surface area contributed by atoms with Crippen molar-refractivity contribution in [2.75, 3.05) is 6.61 Å². The van der Waals surface area contributed by atoms with Crippen molar-refractivity contribution < 1.29 is 14.6 Å². The first-order valence-corrected chi connectivity index (χ1v) is 5.47. The summed E-state index contributed by atoms with van der Waals surface area (Å²) in [6.45, 7) is 0.511. The van der Waals surface area contributed by atoms with E-state index in [2.05, 4.69) is 0 Å². The van der Waals surface area contributed by atoms with Gasteiger partial charge in [-0.2, -0.15) is 0 Å². The molecule has 3 nitrogen and oxygen atoms in total. The summed E-state index contributed by atoms with van der Waals surface area (Å²) in [5.41, 5.74) is 0. The maximum atomic E-state index is 10.9. The summed E-state index contributed by atoms with van der Waals surface area (Å²) in [6, 6.07) is 3.60. The molecule has 0 spiro atoms. The average Bonchev–Trinajstić information content (AvgIpc) is 2.70. The molecule has 0 amide bonds. The molecule has 2 rings (SSSR count). The molecule has 0 aliphatic carbocycles. The number of hydrogen-bond donors (Lipinski definition) is 1. The van der Waals surface area contributed by atoms with Gasteiger partial charge in [0, 0.05) is 11.5 Å². The number of thiophene rings is 1. The van der Waals surface area contributed by atoms with Gasteiger partial charge in [-0.15, -0.1) is 11.3 Å². The Kier molecular flexibility index (Phi) is 2.76. The van der Waals surface area contributed by atoms with Crippen molar-refractivity contribution in [1.29, 1.82) is 0 Å². The first-order valence-electron chi connectivity index (χ1n) is 4.28. The van der Waals surface area contributed by atoms with E-state index in [1.54, 1.807) is 6.07 Å². The highest BCUT2D eigenvalue weighted by Crippen LogP contribution is 2.39. The Morgan fingerprint density at radius 3 is 3.00 bits per heavy atom. The molecule has 2 heterocycles. The molecule has 2 unspecified atom stereocenters. The molecule has 5 heteroatoms. The quantitative estimate of drug-likeness (QED) is 0.853. The second-order valence-corrected chi connectivity index (χ2v) is 4.91. The number of hydrogen-bond acceptors (Lipinski definition) is 3. The number of aliphatic carboxylic acids is 1. The van der Waals surface area contributed by atoms with Crippen LogP contribution in [0.2, 0.25) is 4.34 Å². The third kappa shape index (κ3) is 1.78. The fourth-order valence-corrected chi connectivity index (χ4v) is 2.78. The summed E-state index contributed by atoms with van der Waals surface area (Å²) in [4.78, 5) is 11.8. The van der Waals surface area contributed by atoms with Gasteiger partial charge < -0.3 is 9.84 Å². The van der Waals surface area contributed by atoms with Crippen molar-refractivity contribution in [3.8, 4) is 0 Å². The minimum absolute atomic E-state index is 0.315. The lowest BCUT2D eigenvalue weighted by Crippen LogP contribution is -2.16. The molecule has 1 fully saturated rings. The van der Waals surface area contributed by atoms with Gasteiger partial charge in [0.25, 0.3) is 0 Å². The summed E-state index contributed by atoms with van der Waals surface area (Å²) in [5, 5.41) is 8.94. The largest absolute Gasteiger partial charge is 0.481 e. The fourth-order valence-electron chi connectivity index (χ4n) is 1.60. The minimum Gasteiger partial charge on any atom is -0.481 e. The third-order valence-electron chi connectivity index (χ3n) is 2.28. The van der Waals surface area contributed by atoms with Crippen molar-refractivity contribution in [1.82, 2.24) is 0 Å². The van der Waals surface area contributed by atoms with Crippen LogP contribution >= 0.6 is 22.9 Å². The monoisotopic (exact) mass is 232 g/mol. The van der Waals surface area contributed by atoms with Crippen molar-refractivity contribution in [2.24, 2.45) is 5.92 Å². The van der Waals surface area contributed by atoms with Gasteiger partial charge in [0.2, 0.25) is 0 Å².